The van der Waals surface area contributed by atoms with Gasteiger partial charge in [0.15, 0.2) is 16.9 Å². The summed E-state index contributed by atoms with van der Waals surface area (Å²) in [6, 6.07) is 3.86. The number of hydrogen-bond donors (Lipinski definition) is 0. The zero-order valence-corrected chi connectivity index (χ0v) is 10.2. The average molecular weight is 247 g/mol. The van der Waals surface area contributed by atoms with Crippen molar-refractivity contribution in [3.8, 4) is 0 Å². The molecule has 1 fully saturated rings. The van der Waals surface area contributed by atoms with E-state index < -0.39 is 5.41 Å². The molecule has 2 aromatic rings. The molecule has 1 aliphatic rings. The van der Waals surface area contributed by atoms with E-state index in [1.165, 1.54) is 7.11 Å². The van der Waals surface area contributed by atoms with E-state index in [1.54, 1.807) is 4.52 Å². The Morgan fingerprint density at radius 3 is 2.94 bits per heavy atom. The van der Waals surface area contributed by atoms with Gasteiger partial charge >= 0.3 is 5.97 Å². The van der Waals surface area contributed by atoms with Crippen LogP contribution >= 0.6 is 0 Å². The molecule has 6 heteroatoms. The van der Waals surface area contributed by atoms with Crippen molar-refractivity contribution in [1.29, 1.82) is 0 Å². The first-order valence-corrected chi connectivity index (χ1v) is 5.65. The van der Waals surface area contributed by atoms with Crippen molar-refractivity contribution < 1.29 is 14.3 Å². The van der Waals surface area contributed by atoms with Crippen LogP contribution < -0.4 is 0 Å². The molecule has 0 aromatic carbocycles. The summed E-state index contributed by atoms with van der Waals surface area (Å²) in [4.78, 5) is 16.3. The Morgan fingerprint density at radius 2 is 2.33 bits per heavy atom. The van der Waals surface area contributed by atoms with Crippen LogP contribution in [-0.2, 0) is 19.7 Å². The van der Waals surface area contributed by atoms with Gasteiger partial charge < -0.3 is 9.47 Å². The normalized spacial score (nSPS) is 17.4. The lowest BCUT2D eigenvalue weighted by molar-refractivity contribution is -0.167. The summed E-state index contributed by atoms with van der Waals surface area (Å²) in [7, 11) is 1.36. The van der Waals surface area contributed by atoms with E-state index >= 15 is 0 Å². The van der Waals surface area contributed by atoms with Gasteiger partial charge in [-0.1, -0.05) is 0 Å². The second-order valence-electron chi connectivity index (χ2n) is 4.51. The van der Waals surface area contributed by atoms with Gasteiger partial charge in [0.25, 0.3) is 0 Å². The Morgan fingerprint density at radius 1 is 1.56 bits per heavy atom. The monoisotopic (exact) mass is 247 g/mol. The van der Waals surface area contributed by atoms with Crippen LogP contribution in [0, 0.1) is 6.92 Å². The van der Waals surface area contributed by atoms with Crippen molar-refractivity contribution in [2.24, 2.45) is 0 Å². The third-order valence-corrected chi connectivity index (χ3v) is 3.19. The molecule has 0 spiro atoms. The van der Waals surface area contributed by atoms with Gasteiger partial charge in [-0.25, -0.2) is 9.50 Å². The van der Waals surface area contributed by atoms with E-state index in [-0.39, 0.29) is 19.2 Å². The van der Waals surface area contributed by atoms with Gasteiger partial charge in [-0.05, 0) is 24.6 Å². The maximum atomic E-state index is 11.9. The molecule has 2 aromatic heterocycles. The third kappa shape index (κ3) is 1.42. The lowest BCUT2D eigenvalue weighted by atomic mass is 9.85. The number of fused-ring (bicyclic) bond motifs is 1. The molecule has 0 amide bonds. The molecule has 18 heavy (non-hydrogen) atoms. The first-order chi connectivity index (χ1) is 8.65. The number of pyridine rings is 1. The predicted octanol–water partition coefficient (Wildman–Crippen LogP) is 0.479. The van der Waals surface area contributed by atoms with Gasteiger partial charge in [-0.2, -0.15) is 0 Å². The SMILES string of the molecule is COC(=O)C1(c2nc3cc(C)ccn3n2)COC1. The topological polar surface area (TPSA) is 65.7 Å². The number of ether oxygens (including phenoxy) is 2. The van der Waals surface area contributed by atoms with E-state index in [9.17, 15) is 4.79 Å². The minimum Gasteiger partial charge on any atom is -0.468 e. The summed E-state index contributed by atoms with van der Waals surface area (Å²) in [6.07, 6.45) is 1.83. The van der Waals surface area contributed by atoms with E-state index in [0.29, 0.717) is 5.82 Å². The standard InChI is InChI=1S/C12H13N3O3/c1-8-3-4-15-9(5-8)13-10(14-15)12(6-18-7-12)11(16)17-2/h3-5H,6-7H2,1-2H3. The van der Waals surface area contributed by atoms with Gasteiger partial charge in [0.05, 0.1) is 20.3 Å². The second kappa shape index (κ2) is 3.78. The molecule has 0 bridgehead atoms. The molecule has 94 valence electrons. The van der Waals surface area contributed by atoms with Crippen molar-refractivity contribution in [2.45, 2.75) is 12.3 Å². The summed E-state index contributed by atoms with van der Waals surface area (Å²) < 4.78 is 11.6. The van der Waals surface area contributed by atoms with Crippen molar-refractivity contribution in [3.63, 3.8) is 0 Å². The molecule has 0 unspecified atom stereocenters. The maximum Gasteiger partial charge on any atom is 0.324 e. The molecule has 0 radical (unpaired) electrons. The lowest BCUT2D eigenvalue weighted by Gasteiger charge is -2.35. The fourth-order valence-electron chi connectivity index (χ4n) is 2.03. The molecule has 3 heterocycles. The lowest BCUT2D eigenvalue weighted by Crippen LogP contribution is -2.54. The second-order valence-corrected chi connectivity index (χ2v) is 4.51. The van der Waals surface area contributed by atoms with Gasteiger partial charge in [0.2, 0.25) is 0 Å². The van der Waals surface area contributed by atoms with Crippen LogP contribution in [0.25, 0.3) is 5.65 Å². The summed E-state index contributed by atoms with van der Waals surface area (Å²) in [6.45, 7) is 2.53. The Hall–Kier alpha value is -1.95. The number of rotatable bonds is 2. The van der Waals surface area contributed by atoms with Crippen molar-refractivity contribution in [2.75, 3.05) is 20.3 Å². The number of carbonyl (C=O) groups is 1. The van der Waals surface area contributed by atoms with E-state index in [1.807, 2.05) is 25.3 Å². The molecule has 6 nitrogen and oxygen atoms in total. The smallest absolute Gasteiger partial charge is 0.324 e. The summed E-state index contributed by atoms with van der Waals surface area (Å²) >= 11 is 0. The molecule has 3 rings (SSSR count). The number of aromatic nitrogens is 3. The average Bonchev–Trinajstić information content (AvgIpc) is 2.70. The maximum absolute atomic E-state index is 11.9. The largest absolute Gasteiger partial charge is 0.468 e. The Labute approximate surface area is 104 Å². The molecular weight excluding hydrogens is 234 g/mol. The number of nitrogens with zero attached hydrogens (tertiary/aromatic N) is 3. The molecule has 1 aliphatic heterocycles. The molecule has 0 saturated carbocycles. The Bertz CT molecular complexity index is 616. The summed E-state index contributed by atoms with van der Waals surface area (Å²) in [5, 5.41) is 4.34. The summed E-state index contributed by atoms with van der Waals surface area (Å²) in [5.74, 6) is 0.118. The Kier molecular flexibility index (Phi) is 2.34. The summed E-state index contributed by atoms with van der Waals surface area (Å²) in [5.41, 5.74) is 0.980. The highest BCUT2D eigenvalue weighted by Gasteiger charge is 2.52. The Balaban J connectivity index is 2.10. The number of esters is 1. The van der Waals surface area contributed by atoms with Gasteiger partial charge in [0.1, 0.15) is 0 Å². The van der Waals surface area contributed by atoms with Crippen LogP contribution in [0.2, 0.25) is 0 Å². The first-order valence-electron chi connectivity index (χ1n) is 5.65. The highest BCUT2D eigenvalue weighted by atomic mass is 16.5. The van der Waals surface area contributed by atoms with Crippen LogP contribution in [0.15, 0.2) is 18.3 Å². The van der Waals surface area contributed by atoms with Crippen LogP contribution in [0.3, 0.4) is 0 Å². The highest BCUT2D eigenvalue weighted by molar-refractivity contribution is 5.83. The van der Waals surface area contributed by atoms with Gasteiger partial charge in [-0.15, -0.1) is 5.10 Å². The van der Waals surface area contributed by atoms with Crippen LogP contribution in [0.4, 0.5) is 0 Å². The molecule has 0 N–H and O–H groups in total. The van der Waals surface area contributed by atoms with Crippen molar-refractivity contribution >= 4 is 11.6 Å². The predicted molar refractivity (Wildman–Crippen MR) is 62.2 cm³/mol. The van der Waals surface area contributed by atoms with Crippen LogP contribution in [-0.4, -0.2) is 40.9 Å². The van der Waals surface area contributed by atoms with E-state index in [4.69, 9.17) is 9.47 Å². The third-order valence-electron chi connectivity index (χ3n) is 3.19. The fraction of sp³-hybridized carbons (Fsp3) is 0.417. The zero-order chi connectivity index (χ0) is 12.8. The molecule has 0 atom stereocenters. The van der Waals surface area contributed by atoms with Crippen molar-refractivity contribution in [1.82, 2.24) is 14.6 Å². The van der Waals surface area contributed by atoms with E-state index in [2.05, 4.69) is 10.1 Å². The number of aryl methyl sites for hydroxylation is 1. The number of hydrogen-bond acceptors (Lipinski definition) is 5. The minimum atomic E-state index is -0.839. The molecule has 0 aliphatic carbocycles. The number of carbonyl (C=O) groups excluding carboxylic acids is 1. The quantitative estimate of drug-likeness (QED) is 0.722. The fourth-order valence-corrected chi connectivity index (χ4v) is 2.03. The van der Waals surface area contributed by atoms with Crippen LogP contribution in [0.1, 0.15) is 11.4 Å². The minimum absolute atomic E-state index is 0.273. The van der Waals surface area contributed by atoms with Gasteiger partial charge in [0, 0.05) is 6.20 Å². The molecule has 1 saturated heterocycles. The molecular formula is C12H13N3O3. The zero-order valence-electron chi connectivity index (χ0n) is 10.2. The van der Waals surface area contributed by atoms with E-state index in [0.717, 1.165) is 11.2 Å². The van der Waals surface area contributed by atoms with Crippen LogP contribution in [0.5, 0.6) is 0 Å². The first kappa shape index (κ1) is 11.2. The number of methoxy groups -OCH3 is 1. The highest BCUT2D eigenvalue weighted by Crippen LogP contribution is 2.31. The van der Waals surface area contributed by atoms with Crippen molar-refractivity contribution in [3.05, 3.63) is 29.7 Å². The van der Waals surface area contributed by atoms with Gasteiger partial charge in [-0.3, -0.25) is 4.79 Å².